The predicted molar refractivity (Wildman–Crippen MR) is 129 cm³/mol. The van der Waals surface area contributed by atoms with E-state index in [-0.39, 0.29) is 28.9 Å². The molecule has 1 aliphatic heterocycles. The van der Waals surface area contributed by atoms with Crippen LogP contribution in [0.15, 0.2) is 41.2 Å². The van der Waals surface area contributed by atoms with Gasteiger partial charge < -0.3 is 9.47 Å². The summed E-state index contributed by atoms with van der Waals surface area (Å²) in [5.74, 6) is -0.881. The Balaban J connectivity index is 1.69. The van der Waals surface area contributed by atoms with Crippen molar-refractivity contribution in [3.05, 3.63) is 69.4 Å². The van der Waals surface area contributed by atoms with Crippen LogP contribution < -0.4 is 10.5 Å². The maximum atomic E-state index is 14.8. The number of nitrogens with zero attached hydrogens (tertiary/aromatic N) is 5. The average molecular weight is 502 g/mol. The van der Waals surface area contributed by atoms with Gasteiger partial charge in [0.2, 0.25) is 0 Å². The summed E-state index contributed by atoms with van der Waals surface area (Å²) in [6.07, 6.45) is -3.90. The fourth-order valence-corrected chi connectivity index (χ4v) is 5.05. The molecule has 0 amide bonds. The minimum Gasteiger partial charge on any atom is -0.364 e. The summed E-state index contributed by atoms with van der Waals surface area (Å²) in [6, 6.07) is 8.90. The predicted octanol–water partition coefficient (Wildman–Crippen LogP) is 5.01. The van der Waals surface area contributed by atoms with E-state index in [1.165, 1.54) is 16.7 Å². The van der Waals surface area contributed by atoms with Gasteiger partial charge in [0, 0.05) is 49.9 Å². The molecular formula is C26H27F4N5O. The number of aryl methyl sites for hydroxylation is 1. The normalized spacial score (nSPS) is 19.9. The summed E-state index contributed by atoms with van der Waals surface area (Å²) in [4.78, 5) is 21.4. The van der Waals surface area contributed by atoms with Crippen molar-refractivity contribution < 1.29 is 17.6 Å². The molecule has 3 aromatic rings. The van der Waals surface area contributed by atoms with Crippen LogP contribution in [0.4, 0.5) is 23.2 Å². The number of piperazine rings is 1. The number of halogens is 4. The second kappa shape index (κ2) is 9.54. The van der Waals surface area contributed by atoms with Gasteiger partial charge in [-0.25, -0.2) is 9.37 Å². The van der Waals surface area contributed by atoms with Crippen molar-refractivity contribution in [3.8, 4) is 6.07 Å². The summed E-state index contributed by atoms with van der Waals surface area (Å²) >= 11 is 0. The van der Waals surface area contributed by atoms with Gasteiger partial charge >= 0.3 is 6.18 Å². The molecule has 0 aliphatic carbocycles. The van der Waals surface area contributed by atoms with Gasteiger partial charge in [-0.1, -0.05) is 13.0 Å². The smallest absolute Gasteiger partial charge is 0.364 e. The Labute approximate surface area is 206 Å². The molecule has 1 aliphatic rings. The van der Waals surface area contributed by atoms with Crippen LogP contribution in [-0.2, 0) is 13.2 Å². The number of pyridine rings is 2. The summed E-state index contributed by atoms with van der Waals surface area (Å²) < 4.78 is 55.3. The SMILES string of the molecule is CC[C@@H]1CN(c2cc(=O)n(C)c3ccc(C#N)nc23)[C@@H](C)CN1C(C)c1ccc(C(F)(F)F)cc1F. The standard InChI is InChI=1S/C26H27F4N5O/c1-5-19-14-34(23-11-24(36)33(4)22-9-7-18(12-31)32-25(22)23)15(2)13-35(19)16(3)20-8-6-17(10-21(20)27)26(28,29)30/h6-11,15-16,19H,5,13-14H2,1-4H3/t15-,16?,19+/m0/s1. The summed E-state index contributed by atoms with van der Waals surface area (Å²) in [6.45, 7) is 6.77. The topological polar surface area (TPSA) is 65.2 Å². The summed E-state index contributed by atoms with van der Waals surface area (Å²) in [5, 5.41) is 9.35. The zero-order valence-corrected chi connectivity index (χ0v) is 20.5. The summed E-state index contributed by atoms with van der Waals surface area (Å²) in [7, 11) is 1.65. The average Bonchev–Trinajstić information content (AvgIpc) is 2.84. The van der Waals surface area contributed by atoms with E-state index in [0.29, 0.717) is 42.3 Å². The van der Waals surface area contributed by atoms with Crippen LogP contribution in [0.25, 0.3) is 11.0 Å². The molecule has 3 atom stereocenters. The molecule has 1 aromatic carbocycles. The van der Waals surface area contributed by atoms with Crippen LogP contribution in [0.1, 0.15) is 50.1 Å². The lowest BCUT2D eigenvalue weighted by molar-refractivity contribution is -0.137. The maximum absolute atomic E-state index is 14.8. The zero-order valence-electron chi connectivity index (χ0n) is 20.5. The van der Waals surface area contributed by atoms with Crippen molar-refractivity contribution >= 4 is 16.7 Å². The number of hydrogen-bond acceptors (Lipinski definition) is 5. The van der Waals surface area contributed by atoms with E-state index in [0.717, 1.165) is 6.07 Å². The van der Waals surface area contributed by atoms with Crippen molar-refractivity contribution in [1.82, 2.24) is 14.5 Å². The minimum atomic E-state index is -4.61. The molecule has 0 saturated carbocycles. The highest BCUT2D eigenvalue weighted by molar-refractivity contribution is 5.89. The lowest BCUT2D eigenvalue weighted by Crippen LogP contribution is -2.58. The van der Waals surface area contributed by atoms with Gasteiger partial charge in [0.1, 0.15) is 23.1 Å². The van der Waals surface area contributed by atoms with E-state index < -0.39 is 23.6 Å². The van der Waals surface area contributed by atoms with E-state index in [4.69, 9.17) is 0 Å². The Hall–Kier alpha value is -3.45. The van der Waals surface area contributed by atoms with Crippen LogP contribution in [0.3, 0.4) is 0 Å². The van der Waals surface area contributed by atoms with E-state index in [1.807, 2.05) is 19.9 Å². The van der Waals surface area contributed by atoms with Crippen molar-refractivity contribution in [3.63, 3.8) is 0 Å². The van der Waals surface area contributed by atoms with E-state index in [9.17, 15) is 27.6 Å². The van der Waals surface area contributed by atoms with Crippen molar-refractivity contribution in [2.24, 2.45) is 7.05 Å². The lowest BCUT2D eigenvalue weighted by Gasteiger charge is -2.48. The lowest BCUT2D eigenvalue weighted by atomic mass is 9.97. The zero-order chi connectivity index (χ0) is 26.4. The molecule has 190 valence electrons. The van der Waals surface area contributed by atoms with E-state index >= 15 is 0 Å². The van der Waals surface area contributed by atoms with Crippen LogP contribution >= 0.6 is 0 Å². The van der Waals surface area contributed by atoms with Gasteiger partial charge in [-0.2, -0.15) is 18.4 Å². The number of benzene rings is 1. The molecule has 2 aromatic heterocycles. The third-order valence-electron chi connectivity index (χ3n) is 7.12. The van der Waals surface area contributed by atoms with Crippen molar-refractivity contribution in [1.29, 1.82) is 5.26 Å². The van der Waals surface area contributed by atoms with E-state index in [1.54, 1.807) is 26.1 Å². The largest absolute Gasteiger partial charge is 0.416 e. The molecule has 0 bridgehead atoms. The molecule has 4 rings (SSSR count). The van der Waals surface area contributed by atoms with Gasteiger partial charge in [-0.05, 0) is 44.5 Å². The number of rotatable bonds is 4. The number of anilines is 1. The van der Waals surface area contributed by atoms with Crippen molar-refractivity contribution in [2.75, 3.05) is 18.0 Å². The molecule has 0 spiro atoms. The first-order valence-electron chi connectivity index (χ1n) is 11.8. The molecule has 1 fully saturated rings. The third-order valence-corrected chi connectivity index (χ3v) is 7.12. The number of hydrogen-bond donors (Lipinski definition) is 0. The molecule has 10 heteroatoms. The van der Waals surface area contributed by atoms with Gasteiger partial charge in [0.25, 0.3) is 5.56 Å². The molecular weight excluding hydrogens is 474 g/mol. The second-order valence-electron chi connectivity index (χ2n) is 9.27. The highest BCUT2D eigenvalue weighted by Gasteiger charge is 2.37. The third kappa shape index (κ3) is 4.55. The van der Waals surface area contributed by atoms with Gasteiger partial charge in [0.05, 0.1) is 16.8 Å². The molecule has 6 nitrogen and oxygen atoms in total. The molecule has 0 radical (unpaired) electrons. The Morgan fingerprint density at radius 1 is 1.19 bits per heavy atom. The summed E-state index contributed by atoms with van der Waals surface area (Å²) in [5.41, 5.74) is 1.03. The first-order valence-corrected chi connectivity index (χ1v) is 11.8. The van der Waals surface area contributed by atoms with Gasteiger partial charge in [-0.15, -0.1) is 0 Å². The first kappa shape index (κ1) is 25.6. The quantitative estimate of drug-likeness (QED) is 0.470. The van der Waals surface area contributed by atoms with E-state index in [2.05, 4.69) is 14.8 Å². The number of aromatic nitrogens is 2. The maximum Gasteiger partial charge on any atom is 0.416 e. The Morgan fingerprint density at radius 3 is 2.53 bits per heavy atom. The monoisotopic (exact) mass is 501 g/mol. The second-order valence-corrected chi connectivity index (χ2v) is 9.27. The highest BCUT2D eigenvalue weighted by atomic mass is 19.4. The highest BCUT2D eigenvalue weighted by Crippen LogP contribution is 2.36. The molecule has 36 heavy (non-hydrogen) atoms. The van der Waals surface area contributed by atoms with Crippen LogP contribution in [0, 0.1) is 17.1 Å². The fraction of sp³-hybridized carbons (Fsp3) is 0.423. The van der Waals surface area contributed by atoms with Crippen molar-refractivity contribution in [2.45, 2.75) is 51.5 Å². The Bertz CT molecular complexity index is 1390. The Morgan fingerprint density at radius 2 is 1.92 bits per heavy atom. The van der Waals surface area contributed by atoms with Crippen LogP contribution in [0.2, 0.25) is 0 Å². The number of alkyl halides is 3. The Kier molecular flexibility index (Phi) is 6.80. The van der Waals surface area contributed by atoms with Crippen LogP contribution in [0.5, 0.6) is 0 Å². The van der Waals surface area contributed by atoms with Gasteiger partial charge in [0.15, 0.2) is 0 Å². The molecule has 3 heterocycles. The molecule has 1 unspecified atom stereocenters. The first-order chi connectivity index (χ1) is 17.0. The molecule has 1 saturated heterocycles. The van der Waals surface area contributed by atoms with Crippen LogP contribution in [-0.4, -0.2) is 39.6 Å². The van der Waals surface area contributed by atoms with Gasteiger partial charge in [-0.3, -0.25) is 9.69 Å². The minimum absolute atomic E-state index is 0.0591. The molecule has 0 N–H and O–H groups in total. The number of nitriles is 1. The number of fused-ring (bicyclic) bond motifs is 1. The fourth-order valence-electron chi connectivity index (χ4n) is 5.05.